The third-order valence-electron chi connectivity index (χ3n) is 5.32. The molecule has 1 aromatic heterocycles. The zero-order valence-corrected chi connectivity index (χ0v) is 18.1. The van der Waals surface area contributed by atoms with Crippen molar-refractivity contribution in [1.29, 1.82) is 0 Å². The van der Waals surface area contributed by atoms with E-state index < -0.39 is 10.0 Å². The Morgan fingerprint density at radius 3 is 2.19 bits per heavy atom. The molecular formula is C23H25N4O3S+. The first-order valence-electron chi connectivity index (χ1n) is 10.1. The van der Waals surface area contributed by atoms with E-state index in [9.17, 15) is 13.2 Å². The molecule has 0 bridgehead atoms. The van der Waals surface area contributed by atoms with Crippen LogP contribution in [0.5, 0.6) is 0 Å². The third-order valence-corrected chi connectivity index (χ3v) is 6.71. The number of aromatic nitrogens is 1. The van der Waals surface area contributed by atoms with Crippen molar-refractivity contribution in [1.82, 2.24) is 4.90 Å². The number of nitrogens with one attached hydrogen (secondary N) is 2. The van der Waals surface area contributed by atoms with Gasteiger partial charge in [-0.2, -0.15) is 0 Å². The summed E-state index contributed by atoms with van der Waals surface area (Å²) in [5, 5.41) is 0. The minimum absolute atomic E-state index is 0.0906. The van der Waals surface area contributed by atoms with E-state index in [0.717, 1.165) is 24.5 Å². The molecule has 1 fully saturated rings. The van der Waals surface area contributed by atoms with Crippen molar-refractivity contribution in [2.24, 2.45) is 0 Å². The lowest BCUT2D eigenvalue weighted by Crippen LogP contribution is -2.50. The molecule has 0 saturated carbocycles. The second-order valence-electron chi connectivity index (χ2n) is 7.52. The van der Waals surface area contributed by atoms with Gasteiger partial charge in [-0.1, -0.05) is 23.8 Å². The summed E-state index contributed by atoms with van der Waals surface area (Å²) in [6.07, 6.45) is 1.89. The molecule has 1 aliphatic heterocycles. The molecule has 8 heteroatoms. The minimum atomic E-state index is -3.72. The van der Waals surface area contributed by atoms with Crippen molar-refractivity contribution in [3.63, 3.8) is 0 Å². The summed E-state index contributed by atoms with van der Waals surface area (Å²) in [6.45, 7) is 4.62. The Balaban J connectivity index is 1.39. The van der Waals surface area contributed by atoms with Gasteiger partial charge in [0.2, 0.25) is 0 Å². The normalized spacial score (nSPS) is 14.4. The van der Waals surface area contributed by atoms with Crippen molar-refractivity contribution in [3.05, 3.63) is 84.1 Å². The molecule has 0 atom stereocenters. The molecule has 7 nitrogen and oxygen atoms in total. The van der Waals surface area contributed by atoms with E-state index in [1.807, 2.05) is 43.5 Å². The molecule has 0 radical (unpaired) electrons. The van der Waals surface area contributed by atoms with Gasteiger partial charge in [-0.25, -0.2) is 13.4 Å². The molecular weight excluding hydrogens is 412 g/mol. The molecule has 0 aliphatic carbocycles. The van der Waals surface area contributed by atoms with E-state index in [1.54, 1.807) is 29.2 Å². The summed E-state index contributed by atoms with van der Waals surface area (Å²) in [6, 6.07) is 19.1. The summed E-state index contributed by atoms with van der Waals surface area (Å²) in [5.41, 5.74) is 2.03. The smallest absolute Gasteiger partial charge is 0.274 e. The number of carbonyl (C=O) groups excluding carboxylic acids is 1. The highest BCUT2D eigenvalue weighted by Gasteiger charge is 2.27. The van der Waals surface area contributed by atoms with Crippen molar-refractivity contribution in [2.45, 2.75) is 11.8 Å². The fourth-order valence-electron chi connectivity index (χ4n) is 3.53. The predicted molar refractivity (Wildman–Crippen MR) is 120 cm³/mol. The molecule has 1 aliphatic rings. The molecule has 160 valence electrons. The van der Waals surface area contributed by atoms with Crippen LogP contribution in [-0.2, 0) is 10.0 Å². The number of aromatic amines is 1. The topological polar surface area (TPSA) is 83.9 Å². The molecule has 0 spiro atoms. The maximum Gasteiger partial charge on any atom is 0.274 e. The van der Waals surface area contributed by atoms with Crippen molar-refractivity contribution in [3.8, 4) is 0 Å². The van der Waals surface area contributed by atoms with Crippen molar-refractivity contribution in [2.75, 3.05) is 35.8 Å². The Morgan fingerprint density at radius 2 is 1.58 bits per heavy atom. The lowest BCUT2D eigenvalue weighted by atomic mass is 10.2. The number of aryl methyl sites for hydroxylation is 1. The molecule has 2 heterocycles. The highest BCUT2D eigenvalue weighted by molar-refractivity contribution is 7.92. The van der Waals surface area contributed by atoms with E-state index in [4.69, 9.17) is 0 Å². The van der Waals surface area contributed by atoms with Gasteiger partial charge < -0.3 is 4.90 Å². The van der Waals surface area contributed by atoms with Crippen LogP contribution < -0.4 is 14.6 Å². The minimum Gasteiger partial charge on any atom is -0.331 e. The SMILES string of the molecule is Cc1ccc(NS(=O)(=O)c2ccc(C(=O)N3CCN(c4cccc[nH+]4)CC3)cc2)cc1. The lowest BCUT2D eigenvalue weighted by molar-refractivity contribution is -0.364. The molecule has 4 rings (SSSR count). The quantitative estimate of drug-likeness (QED) is 0.665. The van der Waals surface area contributed by atoms with E-state index in [1.165, 1.54) is 12.1 Å². The first-order valence-corrected chi connectivity index (χ1v) is 11.6. The zero-order chi connectivity index (χ0) is 21.8. The number of hydrogen-bond acceptors (Lipinski definition) is 4. The van der Waals surface area contributed by atoms with Gasteiger partial charge in [0.15, 0.2) is 0 Å². The number of H-pyrrole nitrogens is 1. The van der Waals surface area contributed by atoms with Crippen LogP contribution in [0, 0.1) is 6.92 Å². The number of carbonyl (C=O) groups is 1. The second kappa shape index (κ2) is 8.77. The van der Waals surface area contributed by atoms with Gasteiger partial charge in [0, 0.05) is 17.3 Å². The number of nitrogens with zero attached hydrogens (tertiary/aromatic N) is 2. The van der Waals surface area contributed by atoms with Gasteiger partial charge in [-0.15, -0.1) is 0 Å². The Morgan fingerprint density at radius 1 is 0.903 bits per heavy atom. The van der Waals surface area contributed by atoms with Gasteiger partial charge in [0.05, 0.1) is 24.2 Å². The Labute approximate surface area is 182 Å². The van der Waals surface area contributed by atoms with E-state index >= 15 is 0 Å². The maximum absolute atomic E-state index is 12.9. The Kier molecular flexibility index (Phi) is 5.90. The number of pyridine rings is 1. The fourth-order valence-corrected chi connectivity index (χ4v) is 4.58. The van der Waals surface area contributed by atoms with Gasteiger partial charge in [0.1, 0.15) is 13.1 Å². The highest BCUT2D eigenvalue weighted by Crippen LogP contribution is 2.18. The standard InChI is InChI=1S/C23H24N4O3S/c1-18-5-9-20(10-6-18)25-31(29,30)21-11-7-19(8-12-21)23(28)27-16-14-26(15-17-27)22-4-2-3-13-24-22/h2-13,25H,14-17H2,1H3/p+1. The number of benzene rings is 2. The van der Waals surface area contributed by atoms with Crippen LogP contribution >= 0.6 is 0 Å². The molecule has 2 N–H and O–H groups in total. The summed E-state index contributed by atoms with van der Waals surface area (Å²) >= 11 is 0. The third kappa shape index (κ3) is 4.86. The van der Waals surface area contributed by atoms with Crippen molar-refractivity contribution >= 4 is 27.4 Å². The van der Waals surface area contributed by atoms with Crippen molar-refractivity contribution < 1.29 is 18.2 Å². The summed E-state index contributed by atoms with van der Waals surface area (Å²) in [5.74, 6) is 0.942. The predicted octanol–water partition coefficient (Wildman–Crippen LogP) is 2.57. The number of amides is 1. The number of hydrogen-bond donors (Lipinski definition) is 1. The molecule has 3 aromatic rings. The maximum atomic E-state index is 12.9. The first-order chi connectivity index (χ1) is 14.9. The second-order valence-corrected chi connectivity index (χ2v) is 9.21. The number of sulfonamides is 1. The first kappa shape index (κ1) is 20.9. The van der Waals surface area contributed by atoms with Crippen LogP contribution in [0.3, 0.4) is 0 Å². The highest BCUT2D eigenvalue weighted by atomic mass is 32.2. The largest absolute Gasteiger partial charge is 0.331 e. The zero-order valence-electron chi connectivity index (χ0n) is 17.3. The summed E-state index contributed by atoms with van der Waals surface area (Å²) < 4.78 is 27.8. The van der Waals surface area contributed by atoms with Crippen LogP contribution in [-0.4, -0.2) is 45.4 Å². The van der Waals surface area contributed by atoms with Crippen LogP contribution in [0.1, 0.15) is 15.9 Å². The Hall–Kier alpha value is -3.39. The van der Waals surface area contributed by atoms with Gasteiger partial charge in [0.25, 0.3) is 21.7 Å². The van der Waals surface area contributed by atoms with E-state index in [0.29, 0.717) is 24.3 Å². The average Bonchev–Trinajstić information content (AvgIpc) is 2.81. The molecule has 2 aromatic carbocycles. The van der Waals surface area contributed by atoms with Crippen LogP contribution in [0.25, 0.3) is 0 Å². The lowest BCUT2D eigenvalue weighted by Gasteiger charge is -2.31. The molecule has 0 unspecified atom stereocenters. The molecule has 31 heavy (non-hydrogen) atoms. The number of piperazine rings is 1. The van der Waals surface area contributed by atoms with Crippen LogP contribution in [0.15, 0.2) is 77.8 Å². The summed E-state index contributed by atoms with van der Waals surface area (Å²) in [7, 11) is -3.72. The van der Waals surface area contributed by atoms with Crippen LogP contribution in [0.4, 0.5) is 11.5 Å². The van der Waals surface area contributed by atoms with Gasteiger partial charge in [-0.3, -0.25) is 14.4 Å². The molecule has 1 saturated heterocycles. The Bertz CT molecular complexity index is 1140. The van der Waals surface area contributed by atoms with Crippen LogP contribution in [0.2, 0.25) is 0 Å². The number of anilines is 2. The number of rotatable bonds is 5. The van der Waals surface area contributed by atoms with Gasteiger partial charge >= 0.3 is 0 Å². The average molecular weight is 438 g/mol. The fraction of sp³-hybridized carbons (Fsp3) is 0.217. The molecule has 1 amide bonds. The monoisotopic (exact) mass is 437 g/mol. The summed E-state index contributed by atoms with van der Waals surface area (Å²) in [4.78, 5) is 20.2. The van der Waals surface area contributed by atoms with E-state index in [2.05, 4.69) is 14.6 Å². The van der Waals surface area contributed by atoms with Gasteiger partial charge in [-0.05, 0) is 49.4 Å². The van der Waals surface area contributed by atoms with E-state index in [-0.39, 0.29) is 10.8 Å².